The maximum absolute atomic E-state index is 11.4. The molecule has 0 heterocycles. The molecule has 0 bridgehead atoms. The summed E-state index contributed by atoms with van der Waals surface area (Å²) in [6.07, 6.45) is 1.65. The molecule has 110 valence electrons. The van der Waals surface area contributed by atoms with Crippen molar-refractivity contribution < 1.29 is 14.8 Å². The van der Waals surface area contributed by atoms with Gasteiger partial charge in [0.05, 0.1) is 21.2 Å². The van der Waals surface area contributed by atoms with E-state index in [1.165, 1.54) is 6.07 Å². The van der Waals surface area contributed by atoms with E-state index in [0.29, 0.717) is 18.8 Å². The van der Waals surface area contributed by atoms with Crippen molar-refractivity contribution in [1.29, 1.82) is 0 Å². The third-order valence-electron chi connectivity index (χ3n) is 2.79. The fourth-order valence-electron chi connectivity index (χ4n) is 2.05. The summed E-state index contributed by atoms with van der Waals surface area (Å²) >= 11 is 6.08. The molecule has 0 aromatic heterocycles. The van der Waals surface area contributed by atoms with Crippen molar-refractivity contribution in [3.05, 3.63) is 32.8 Å². The maximum atomic E-state index is 11.4. The largest absolute Gasteiger partial charge is 0.478 e. The molecule has 0 amide bonds. The molecule has 0 radical (unpaired) electrons. The number of nitrogens with zero attached hydrogens (tertiary/aromatic N) is 2. The molecule has 0 aliphatic heterocycles. The number of carboxylic acids is 1. The first-order valence-corrected chi connectivity index (χ1v) is 6.76. The third-order valence-corrected chi connectivity index (χ3v) is 3.08. The van der Waals surface area contributed by atoms with Gasteiger partial charge in [-0.05, 0) is 12.8 Å². The number of nitro benzene ring substituents is 1. The maximum Gasteiger partial charge on any atom is 0.338 e. The fraction of sp³-hybridized carbons (Fsp3) is 0.462. The number of halogens is 1. The van der Waals surface area contributed by atoms with Crippen LogP contribution in [0, 0.1) is 10.1 Å². The molecule has 0 atom stereocenters. The molecule has 1 aromatic carbocycles. The van der Waals surface area contributed by atoms with Crippen LogP contribution in [0.3, 0.4) is 0 Å². The van der Waals surface area contributed by atoms with E-state index in [0.717, 1.165) is 18.9 Å². The Hall–Kier alpha value is -1.82. The molecule has 20 heavy (non-hydrogen) atoms. The van der Waals surface area contributed by atoms with Crippen LogP contribution in [0.25, 0.3) is 0 Å². The SMILES string of the molecule is CCCN(CCC)c1c(Cl)cc([N+](=O)[O-])cc1C(=O)O. The van der Waals surface area contributed by atoms with Gasteiger partial charge in [0, 0.05) is 25.2 Å². The number of carbonyl (C=O) groups is 1. The van der Waals surface area contributed by atoms with Gasteiger partial charge in [0.15, 0.2) is 0 Å². The summed E-state index contributed by atoms with van der Waals surface area (Å²) in [6.45, 7) is 5.24. The molecule has 0 unspecified atom stereocenters. The van der Waals surface area contributed by atoms with Gasteiger partial charge in [0.25, 0.3) is 5.69 Å². The predicted molar refractivity (Wildman–Crippen MR) is 77.9 cm³/mol. The highest BCUT2D eigenvalue weighted by molar-refractivity contribution is 6.34. The van der Waals surface area contributed by atoms with Gasteiger partial charge in [-0.25, -0.2) is 4.79 Å². The summed E-state index contributed by atoms with van der Waals surface area (Å²) in [5.74, 6) is -1.22. The van der Waals surface area contributed by atoms with Crippen molar-refractivity contribution in [3.8, 4) is 0 Å². The van der Waals surface area contributed by atoms with E-state index in [2.05, 4.69) is 0 Å². The number of anilines is 1. The van der Waals surface area contributed by atoms with Crippen LogP contribution in [0.15, 0.2) is 12.1 Å². The van der Waals surface area contributed by atoms with Crippen molar-refractivity contribution >= 4 is 28.9 Å². The van der Waals surface area contributed by atoms with Crippen molar-refractivity contribution in [2.45, 2.75) is 26.7 Å². The number of hydrogen-bond donors (Lipinski definition) is 1. The second kappa shape index (κ2) is 7.09. The lowest BCUT2D eigenvalue weighted by Crippen LogP contribution is -2.27. The molecule has 7 heteroatoms. The van der Waals surface area contributed by atoms with E-state index < -0.39 is 10.9 Å². The normalized spacial score (nSPS) is 10.3. The Morgan fingerprint density at radius 3 is 2.30 bits per heavy atom. The van der Waals surface area contributed by atoms with Crippen LogP contribution in [0.4, 0.5) is 11.4 Å². The van der Waals surface area contributed by atoms with E-state index in [9.17, 15) is 20.0 Å². The van der Waals surface area contributed by atoms with Gasteiger partial charge in [0.2, 0.25) is 0 Å². The van der Waals surface area contributed by atoms with E-state index >= 15 is 0 Å². The highest BCUT2D eigenvalue weighted by atomic mass is 35.5. The molecule has 6 nitrogen and oxygen atoms in total. The second-order valence-electron chi connectivity index (χ2n) is 4.37. The molecule has 0 aliphatic carbocycles. The van der Waals surface area contributed by atoms with Gasteiger partial charge >= 0.3 is 5.97 Å². The van der Waals surface area contributed by atoms with Crippen molar-refractivity contribution in [2.75, 3.05) is 18.0 Å². The van der Waals surface area contributed by atoms with Crippen LogP contribution in [0.2, 0.25) is 5.02 Å². The summed E-state index contributed by atoms with van der Waals surface area (Å²) < 4.78 is 0. The smallest absolute Gasteiger partial charge is 0.338 e. The molecule has 0 spiro atoms. The van der Waals surface area contributed by atoms with Gasteiger partial charge in [-0.15, -0.1) is 0 Å². The third kappa shape index (κ3) is 3.60. The standard InChI is InChI=1S/C13H17ClN2O4/c1-3-5-15(6-4-2)12-10(13(17)18)7-9(16(19)20)8-11(12)14/h7-8H,3-6H2,1-2H3,(H,17,18). The minimum absolute atomic E-state index is 0.0958. The Balaban J connectivity index is 3.42. The molecule has 1 aromatic rings. The van der Waals surface area contributed by atoms with E-state index in [1.807, 2.05) is 18.7 Å². The predicted octanol–water partition coefficient (Wildman–Crippen LogP) is 3.57. The lowest BCUT2D eigenvalue weighted by atomic mass is 10.1. The monoisotopic (exact) mass is 300 g/mol. The first-order valence-electron chi connectivity index (χ1n) is 6.38. The average Bonchev–Trinajstić information content (AvgIpc) is 2.37. The summed E-state index contributed by atoms with van der Waals surface area (Å²) in [5, 5.41) is 20.2. The summed E-state index contributed by atoms with van der Waals surface area (Å²) in [4.78, 5) is 23.4. The minimum Gasteiger partial charge on any atom is -0.478 e. The number of aromatic carboxylic acids is 1. The quantitative estimate of drug-likeness (QED) is 0.614. The Bertz CT molecular complexity index is 513. The van der Waals surface area contributed by atoms with Gasteiger partial charge in [-0.1, -0.05) is 25.4 Å². The van der Waals surface area contributed by atoms with Gasteiger partial charge in [-0.2, -0.15) is 0 Å². The highest BCUT2D eigenvalue weighted by Gasteiger charge is 2.23. The highest BCUT2D eigenvalue weighted by Crippen LogP contribution is 2.34. The zero-order valence-corrected chi connectivity index (χ0v) is 12.2. The number of nitro groups is 1. The molecule has 0 saturated carbocycles. The molecular weight excluding hydrogens is 284 g/mol. The summed E-state index contributed by atoms with van der Waals surface area (Å²) in [7, 11) is 0. The van der Waals surface area contributed by atoms with Gasteiger partial charge in [0.1, 0.15) is 0 Å². The molecule has 1 N–H and O–H groups in total. The van der Waals surface area contributed by atoms with Crippen molar-refractivity contribution in [3.63, 3.8) is 0 Å². The van der Waals surface area contributed by atoms with Crippen LogP contribution in [0.1, 0.15) is 37.0 Å². The number of rotatable bonds is 7. The second-order valence-corrected chi connectivity index (χ2v) is 4.78. The molecule has 1 rings (SSSR count). The zero-order chi connectivity index (χ0) is 15.3. The van der Waals surface area contributed by atoms with Crippen molar-refractivity contribution in [2.24, 2.45) is 0 Å². The number of hydrogen-bond acceptors (Lipinski definition) is 4. The van der Waals surface area contributed by atoms with Gasteiger partial charge in [-0.3, -0.25) is 10.1 Å². The average molecular weight is 301 g/mol. The van der Waals surface area contributed by atoms with Crippen LogP contribution in [0.5, 0.6) is 0 Å². The van der Waals surface area contributed by atoms with Crippen LogP contribution >= 0.6 is 11.6 Å². The van der Waals surface area contributed by atoms with Gasteiger partial charge < -0.3 is 10.0 Å². The lowest BCUT2D eigenvalue weighted by molar-refractivity contribution is -0.384. The van der Waals surface area contributed by atoms with E-state index in [4.69, 9.17) is 11.6 Å². The van der Waals surface area contributed by atoms with Crippen LogP contribution in [-0.4, -0.2) is 29.1 Å². The zero-order valence-electron chi connectivity index (χ0n) is 11.4. The molecule has 0 saturated heterocycles. The fourth-order valence-corrected chi connectivity index (χ4v) is 2.38. The van der Waals surface area contributed by atoms with Crippen LogP contribution < -0.4 is 4.90 Å². The molecular formula is C13H17ClN2O4. The Labute approximate surface area is 122 Å². The van der Waals surface area contributed by atoms with E-state index in [1.54, 1.807) is 0 Å². The van der Waals surface area contributed by atoms with Crippen LogP contribution in [-0.2, 0) is 0 Å². The molecule has 0 aliphatic rings. The first-order chi connectivity index (χ1) is 9.42. The van der Waals surface area contributed by atoms with E-state index in [-0.39, 0.29) is 16.3 Å². The Kier molecular flexibility index (Phi) is 5.76. The number of carboxylic acid groups (broad SMARTS) is 1. The lowest BCUT2D eigenvalue weighted by Gasteiger charge is -2.26. The summed E-state index contributed by atoms with van der Waals surface area (Å²) in [6, 6.07) is 2.25. The Morgan fingerprint density at radius 1 is 1.35 bits per heavy atom. The number of benzene rings is 1. The first kappa shape index (κ1) is 16.2. The number of non-ortho nitro benzene ring substituents is 1. The topological polar surface area (TPSA) is 83.7 Å². The Morgan fingerprint density at radius 2 is 1.90 bits per heavy atom. The minimum atomic E-state index is -1.22. The molecule has 0 fully saturated rings. The van der Waals surface area contributed by atoms with Crippen molar-refractivity contribution in [1.82, 2.24) is 0 Å². The summed E-state index contributed by atoms with van der Waals surface area (Å²) in [5.41, 5.74) is -0.0938.